The second kappa shape index (κ2) is 14.4. The maximum atomic E-state index is 11.9. The lowest BCUT2D eigenvalue weighted by Gasteiger charge is -2.20. The molecule has 0 spiro atoms. The number of unbranched alkanes of at least 4 members (excludes halogenated alkanes) is 7. The van der Waals surface area contributed by atoms with Crippen LogP contribution in [0.2, 0.25) is 0 Å². The molecule has 4 heteroatoms. The number of ether oxygens (including phenoxy) is 1. The van der Waals surface area contributed by atoms with Gasteiger partial charge >= 0.3 is 5.97 Å². The molecule has 0 N–H and O–H groups in total. The maximum absolute atomic E-state index is 11.9. The maximum Gasteiger partial charge on any atom is 0.338 e. The molecule has 0 atom stereocenters. The predicted molar refractivity (Wildman–Crippen MR) is 127 cm³/mol. The number of esters is 1. The molecule has 0 amide bonds. The third-order valence-electron chi connectivity index (χ3n) is 5.07. The highest BCUT2D eigenvalue weighted by Crippen LogP contribution is 2.18. The number of carbonyl (C=O) groups excluding carboxylic acids is 1. The fraction of sp³-hybridized carbons (Fsp3) is 0.462. The largest absolute Gasteiger partial charge is 0.462 e. The zero-order valence-corrected chi connectivity index (χ0v) is 18.6. The molecular weight excluding hydrogens is 372 g/mol. The number of nitrogens with zero attached hydrogens (tertiary/aromatic N) is 2. The van der Waals surface area contributed by atoms with E-state index in [0.29, 0.717) is 12.2 Å². The topological polar surface area (TPSA) is 41.9 Å². The Kier molecular flexibility index (Phi) is 11.3. The van der Waals surface area contributed by atoms with Crippen molar-refractivity contribution in [2.75, 3.05) is 18.1 Å². The Balaban J connectivity index is 1.95. The van der Waals surface area contributed by atoms with Gasteiger partial charge in [0.05, 0.1) is 24.2 Å². The van der Waals surface area contributed by atoms with Crippen LogP contribution in [0.4, 0.5) is 11.4 Å². The van der Waals surface area contributed by atoms with Crippen molar-refractivity contribution >= 4 is 23.7 Å². The molecule has 0 unspecified atom stereocenters. The number of anilines is 1. The third-order valence-corrected chi connectivity index (χ3v) is 5.07. The van der Waals surface area contributed by atoms with Crippen LogP contribution in [0.3, 0.4) is 0 Å². The van der Waals surface area contributed by atoms with E-state index in [1.807, 2.05) is 67.9 Å². The SMILES string of the molecule is CCCCCCCCCCN(C=Nc1ccccc1)c1ccc(C(=O)OCC)cc1. The van der Waals surface area contributed by atoms with E-state index < -0.39 is 0 Å². The molecule has 30 heavy (non-hydrogen) atoms. The first kappa shape index (κ1) is 23.7. The number of hydrogen-bond acceptors (Lipinski definition) is 3. The first-order chi connectivity index (χ1) is 14.7. The average Bonchev–Trinajstić information content (AvgIpc) is 2.78. The number of para-hydroxylation sites is 1. The van der Waals surface area contributed by atoms with Crippen molar-refractivity contribution in [1.82, 2.24) is 0 Å². The molecule has 2 aromatic rings. The summed E-state index contributed by atoms with van der Waals surface area (Å²) in [5.41, 5.74) is 2.54. The highest BCUT2D eigenvalue weighted by molar-refractivity contribution is 5.90. The van der Waals surface area contributed by atoms with E-state index in [2.05, 4.69) is 16.8 Å². The molecule has 0 saturated carbocycles. The molecule has 4 nitrogen and oxygen atoms in total. The Morgan fingerprint density at radius 2 is 1.50 bits per heavy atom. The fourth-order valence-corrected chi connectivity index (χ4v) is 3.32. The number of benzene rings is 2. The van der Waals surface area contributed by atoms with Crippen LogP contribution in [0, 0.1) is 0 Å². The van der Waals surface area contributed by atoms with Gasteiger partial charge in [0.2, 0.25) is 0 Å². The monoisotopic (exact) mass is 408 g/mol. The minimum Gasteiger partial charge on any atom is -0.462 e. The lowest BCUT2D eigenvalue weighted by atomic mass is 10.1. The van der Waals surface area contributed by atoms with Crippen LogP contribution >= 0.6 is 0 Å². The number of rotatable bonds is 14. The summed E-state index contributed by atoms with van der Waals surface area (Å²) in [6.45, 7) is 5.36. The Morgan fingerprint density at radius 1 is 0.867 bits per heavy atom. The lowest BCUT2D eigenvalue weighted by Crippen LogP contribution is -2.22. The van der Waals surface area contributed by atoms with Crippen LogP contribution in [0.15, 0.2) is 59.6 Å². The Hall–Kier alpha value is -2.62. The van der Waals surface area contributed by atoms with E-state index >= 15 is 0 Å². The van der Waals surface area contributed by atoms with E-state index in [9.17, 15) is 4.79 Å². The van der Waals surface area contributed by atoms with Gasteiger partial charge in [-0.25, -0.2) is 9.79 Å². The summed E-state index contributed by atoms with van der Waals surface area (Å²) in [6, 6.07) is 17.5. The molecule has 0 aliphatic rings. The summed E-state index contributed by atoms with van der Waals surface area (Å²) in [6.07, 6.45) is 12.2. The normalized spacial score (nSPS) is 11.0. The van der Waals surface area contributed by atoms with Crippen LogP contribution in [0.1, 0.15) is 75.6 Å². The van der Waals surface area contributed by atoms with Gasteiger partial charge in [0.25, 0.3) is 0 Å². The highest BCUT2D eigenvalue weighted by atomic mass is 16.5. The molecule has 0 saturated heterocycles. The van der Waals surface area contributed by atoms with E-state index in [4.69, 9.17) is 4.74 Å². The molecule has 2 aromatic carbocycles. The van der Waals surface area contributed by atoms with Crippen molar-refractivity contribution in [3.05, 3.63) is 60.2 Å². The number of carbonyl (C=O) groups is 1. The molecule has 2 rings (SSSR count). The number of hydrogen-bond donors (Lipinski definition) is 0. The minimum atomic E-state index is -0.281. The van der Waals surface area contributed by atoms with Crippen LogP contribution in [0.25, 0.3) is 0 Å². The summed E-state index contributed by atoms with van der Waals surface area (Å²) in [4.78, 5) is 18.7. The van der Waals surface area contributed by atoms with Crippen molar-refractivity contribution < 1.29 is 9.53 Å². The van der Waals surface area contributed by atoms with Crippen molar-refractivity contribution in [3.8, 4) is 0 Å². The van der Waals surface area contributed by atoms with E-state index in [-0.39, 0.29) is 5.97 Å². The molecular formula is C26H36N2O2. The van der Waals surface area contributed by atoms with E-state index in [1.54, 1.807) is 0 Å². The third kappa shape index (κ3) is 8.81. The smallest absolute Gasteiger partial charge is 0.338 e. The predicted octanol–water partition coefficient (Wildman–Crippen LogP) is 7.17. The van der Waals surface area contributed by atoms with Gasteiger partial charge in [-0.1, -0.05) is 70.1 Å². The van der Waals surface area contributed by atoms with Gasteiger partial charge < -0.3 is 9.64 Å². The first-order valence-electron chi connectivity index (χ1n) is 11.4. The van der Waals surface area contributed by atoms with Crippen LogP contribution in [-0.4, -0.2) is 25.5 Å². The zero-order valence-electron chi connectivity index (χ0n) is 18.6. The quantitative estimate of drug-likeness (QED) is 0.144. The van der Waals surface area contributed by atoms with Crippen molar-refractivity contribution in [1.29, 1.82) is 0 Å². The number of aliphatic imine (C=N–C) groups is 1. The summed E-state index contributed by atoms with van der Waals surface area (Å²) >= 11 is 0. The van der Waals surface area contributed by atoms with Gasteiger partial charge in [-0.3, -0.25) is 0 Å². The molecule has 0 aliphatic carbocycles. The molecule has 0 bridgehead atoms. The Labute approximate surface area is 182 Å². The Morgan fingerprint density at radius 3 is 2.13 bits per heavy atom. The van der Waals surface area contributed by atoms with Crippen molar-refractivity contribution in [3.63, 3.8) is 0 Å². The average molecular weight is 409 g/mol. The molecule has 162 valence electrons. The van der Waals surface area contributed by atoms with E-state index in [1.165, 1.54) is 44.9 Å². The van der Waals surface area contributed by atoms with Gasteiger partial charge in [-0.05, 0) is 49.7 Å². The molecule has 0 radical (unpaired) electrons. The zero-order chi connectivity index (χ0) is 21.4. The summed E-state index contributed by atoms with van der Waals surface area (Å²) in [5.74, 6) is -0.281. The molecule has 0 aromatic heterocycles. The molecule has 0 heterocycles. The fourth-order valence-electron chi connectivity index (χ4n) is 3.32. The van der Waals surface area contributed by atoms with Crippen LogP contribution < -0.4 is 4.90 Å². The second-order valence-electron chi connectivity index (χ2n) is 7.52. The van der Waals surface area contributed by atoms with Crippen LogP contribution in [0.5, 0.6) is 0 Å². The summed E-state index contributed by atoms with van der Waals surface area (Å²) < 4.78 is 5.08. The van der Waals surface area contributed by atoms with Gasteiger partial charge in [-0.15, -0.1) is 0 Å². The van der Waals surface area contributed by atoms with Crippen molar-refractivity contribution in [2.24, 2.45) is 4.99 Å². The summed E-state index contributed by atoms with van der Waals surface area (Å²) in [7, 11) is 0. The van der Waals surface area contributed by atoms with Gasteiger partial charge in [0.15, 0.2) is 0 Å². The summed E-state index contributed by atoms with van der Waals surface area (Å²) in [5, 5.41) is 0. The van der Waals surface area contributed by atoms with Gasteiger partial charge in [-0.2, -0.15) is 0 Å². The van der Waals surface area contributed by atoms with Crippen LogP contribution in [-0.2, 0) is 4.74 Å². The van der Waals surface area contributed by atoms with Gasteiger partial charge in [0, 0.05) is 12.2 Å². The standard InChI is InChI=1S/C26H36N2O2/c1-3-5-6-7-8-9-10-14-21-28(22-27-24-15-12-11-13-16-24)25-19-17-23(18-20-25)26(29)30-4-2/h11-13,15-20,22H,3-10,14,21H2,1-2H3. The second-order valence-corrected chi connectivity index (χ2v) is 7.52. The Bertz CT molecular complexity index is 741. The molecule has 0 fully saturated rings. The minimum absolute atomic E-state index is 0.281. The highest BCUT2D eigenvalue weighted by Gasteiger charge is 2.09. The molecule has 0 aliphatic heterocycles. The van der Waals surface area contributed by atoms with Gasteiger partial charge in [0.1, 0.15) is 0 Å². The van der Waals surface area contributed by atoms with E-state index in [0.717, 1.165) is 24.3 Å². The lowest BCUT2D eigenvalue weighted by molar-refractivity contribution is 0.0526. The first-order valence-corrected chi connectivity index (χ1v) is 11.4. The van der Waals surface area contributed by atoms with Crippen molar-refractivity contribution in [2.45, 2.75) is 65.2 Å².